The number of carboxylic acids is 1. The lowest BCUT2D eigenvalue weighted by atomic mass is 10.0. The lowest BCUT2D eigenvalue weighted by Gasteiger charge is -2.19. The summed E-state index contributed by atoms with van der Waals surface area (Å²) in [5, 5.41) is 12.7. The Kier molecular flexibility index (Phi) is 5.12. The zero-order valence-electron chi connectivity index (χ0n) is 11.6. The van der Waals surface area contributed by atoms with Crippen molar-refractivity contribution in [2.24, 2.45) is 11.8 Å². The van der Waals surface area contributed by atoms with Crippen LogP contribution in [0.15, 0.2) is 18.2 Å². The zero-order chi connectivity index (χ0) is 15.6. The van der Waals surface area contributed by atoms with Crippen molar-refractivity contribution in [3.63, 3.8) is 0 Å². The highest BCUT2D eigenvalue weighted by atomic mass is 35.5. The highest BCUT2D eigenvalue weighted by Crippen LogP contribution is 2.33. The van der Waals surface area contributed by atoms with E-state index in [0.29, 0.717) is 29.3 Å². The standard InChI is InChI=1S/C15H17Cl2NO3/c1-8(11-3-2-4-12(16)13(11)17)18-14(19)9-5-6-10(7-9)15(20)21/h2-4,8-10H,5-7H2,1H3,(H,18,19)(H,20,21)/t8?,9-,10+/m1/s1. The molecule has 3 atom stereocenters. The maximum absolute atomic E-state index is 12.2. The van der Waals surface area contributed by atoms with Crippen LogP contribution < -0.4 is 5.32 Å². The molecule has 1 aromatic carbocycles. The Labute approximate surface area is 133 Å². The number of aliphatic carboxylic acids is 1. The van der Waals surface area contributed by atoms with Crippen LogP contribution in [0.25, 0.3) is 0 Å². The fourth-order valence-corrected chi connectivity index (χ4v) is 3.18. The summed E-state index contributed by atoms with van der Waals surface area (Å²) < 4.78 is 0. The first-order valence-corrected chi connectivity index (χ1v) is 7.62. The molecule has 114 valence electrons. The predicted molar refractivity (Wildman–Crippen MR) is 81.5 cm³/mol. The van der Waals surface area contributed by atoms with Gasteiger partial charge in [0.2, 0.25) is 5.91 Å². The van der Waals surface area contributed by atoms with Gasteiger partial charge in [0.05, 0.1) is 22.0 Å². The molecule has 0 saturated heterocycles. The van der Waals surface area contributed by atoms with Crippen molar-refractivity contribution in [2.75, 3.05) is 0 Å². The van der Waals surface area contributed by atoms with Crippen LogP contribution in [-0.4, -0.2) is 17.0 Å². The third-order valence-corrected chi connectivity index (χ3v) is 4.79. The Morgan fingerprint density at radius 2 is 1.95 bits per heavy atom. The number of hydrogen-bond acceptors (Lipinski definition) is 2. The molecule has 0 aromatic heterocycles. The molecule has 2 N–H and O–H groups in total. The Balaban J connectivity index is 2.00. The number of carboxylic acid groups (broad SMARTS) is 1. The quantitative estimate of drug-likeness (QED) is 0.885. The summed E-state index contributed by atoms with van der Waals surface area (Å²) in [5.74, 6) is -1.60. The van der Waals surface area contributed by atoms with E-state index in [9.17, 15) is 9.59 Å². The molecule has 1 fully saturated rings. The van der Waals surface area contributed by atoms with Gasteiger partial charge in [-0.15, -0.1) is 0 Å². The van der Waals surface area contributed by atoms with Crippen molar-refractivity contribution in [3.8, 4) is 0 Å². The largest absolute Gasteiger partial charge is 0.481 e. The maximum atomic E-state index is 12.2. The summed E-state index contributed by atoms with van der Waals surface area (Å²) in [6.07, 6.45) is 1.57. The van der Waals surface area contributed by atoms with E-state index < -0.39 is 11.9 Å². The molecule has 2 rings (SSSR count). The van der Waals surface area contributed by atoms with E-state index in [2.05, 4.69) is 5.32 Å². The van der Waals surface area contributed by atoms with E-state index in [1.165, 1.54) is 0 Å². The molecule has 0 radical (unpaired) electrons. The number of carbonyl (C=O) groups excluding carboxylic acids is 1. The van der Waals surface area contributed by atoms with Crippen LogP contribution in [0.4, 0.5) is 0 Å². The lowest BCUT2D eigenvalue weighted by Crippen LogP contribution is -2.32. The molecule has 1 aliphatic rings. The van der Waals surface area contributed by atoms with Gasteiger partial charge >= 0.3 is 5.97 Å². The summed E-state index contributed by atoms with van der Waals surface area (Å²) >= 11 is 12.1. The van der Waals surface area contributed by atoms with Crippen molar-refractivity contribution in [1.82, 2.24) is 5.32 Å². The highest BCUT2D eigenvalue weighted by molar-refractivity contribution is 6.42. The molecule has 1 unspecified atom stereocenters. The van der Waals surface area contributed by atoms with Crippen molar-refractivity contribution in [2.45, 2.75) is 32.2 Å². The van der Waals surface area contributed by atoms with Gasteiger partial charge in [-0.3, -0.25) is 9.59 Å². The minimum atomic E-state index is -0.823. The first-order valence-electron chi connectivity index (χ1n) is 6.87. The van der Waals surface area contributed by atoms with Gasteiger partial charge in [-0.1, -0.05) is 35.3 Å². The Morgan fingerprint density at radius 1 is 1.29 bits per heavy atom. The lowest BCUT2D eigenvalue weighted by molar-refractivity contribution is -0.141. The van der Waals surface area contributed by atoms with Crippen LogP contribution in [-0.2, 0) is 9.59 Å². The number of amides is 1. The number of nitrogens with one attached hydrogen (secondary N) is 1. The van der Waals surface area contributed by atoms with E-state index in [1.807, 2.05) is 13.0 Å². The SMILES string of the molecule is CC(NC(=O)[C@@H]1CC[C@H](C(=O)O)C1)c1cccc(Cl)c1Cl. The van der Waals surface area contributed by atoms with Crippen LogP contribution in [0, 0.1) is 11.8 Å². The van der Waals surface area contributed by atoms with Gasteiger partial charge in [-0.05, 0) is 37.8 Å². The molecular weight excluding hydrogens is 313 g/mol. The van der Waals surface area contributed by atoms with E-state index in [4.69, 9.17) is 28.3 Å². The smallest absolute Gasteiger partial charge is 0.306 e. The van der Waals surface area contributed by atoms with Crippen LogP contribution >= 0.6 is 23.2 Å². The van der Waals surface area contributed by atoms with Gasteiger partial charge in [0.15, 0.2) is 0 Å². The number of halogens is 2. The van der Waals surface area contributed by atoms with Crippen molar-refractivity contribution in [1.29, 1.82) is 0 Å². The molecular formula is C15H17Cl2NO3. The van der Waals surface area contributed by atoms with Crippen molar-refractivity contribution >= 4 is 35.1 Å². The summed E-state index contributed by atoms with van der Waals surface area (Å²) in [7, 11) is 0. The predicted octanol–water partition coefficient (Wildman–Crippen LogP) is 3.67. The van der Waals surface area contributed by atoms with Crippen LogP contribution in [0.2, 0.25) is 10.0 Å². The molecule has 0 bridgehead atoms. The molecule has 1 saturated carbocycles. The number of carbonyl (C=O) groups is 2. The normalized spacial score (nSPS) is 22.8. The maximum Gasteiger partial charge on any atom is 0.306 e. The molecule has 0 heterocycles. The van der Waals surface area contributed by atoms with Gasteiger partial charge in [0, 0.05) is 5.92 Å². The second-order valence-electron chi connectivity index (χ2n) is 5.42. The molecule has 1 aromatic rings. The zero-order valence-corrected chi connectivity index (χ0v) is 13.1. The molecule has 4 nitrogen and oxygen atoms in total. The van der Waals surface area contributed by atoms with Crippen molar-refractivity contribution < 1.29 is 14.7 Å². The monoisotopic (exact) mass is 329 g/mol. The molecule has 1 amide bonds. The number of hydrogen-bond donors (Lipinski definition) is 2. The van der Waals surface area contributed by atoms with Gasteiger partial charge in [-0.2, -0.15) is 0 Å². The minimum absolute atomic E-state index is 0.123. The fraction of sp³-hybridized carbons (Fsp3) is 0.467. The summed E-state index contributed by atoms with van der Waals surface area (Å²) in [5.41, 5.74) is 0.755. The summed E-state index contributed by atoms with van der Waals surface area (Å²) in [4.78, 5) is 23.1. The van der Waals surface area contributed by atoms with Crippen LogP contribution in [0.5, 0.6) is 0 Å². The Bertz CT molecular complexity index is 562. The first kappa shape index (κ1) is 16.1. The molecule has 0 spiro atoms. The van der Waals surface area contributed by atoms with Crippen molar-refractivity contribution in [3.05, 3.63) is 33.8 Å². The Morgan fingerprint density at radius 3 is 2.57 bits per heavy atom. The topological polar surface area (TPSA) is 66.4 Å². The Hall–Kier alpha value is -1.26. The molecule has 1 aliphatic carbocycles. The minimum Gasteiger partial charge on any atom is -0.481 e. The van der Waals surface area contributed by atoms with Gasteiger partial charge < -0.3 is 10.4 Å². The van der Waals surface area contributed by atoms with E-state index in [1.54, 1.807) is 12.1 Å². The van der Waals surface area contributed by atoms with E-state index in [-0.39, 0.29) is 17.9 Å². The van der Waals surface area contributed by atoms with Crippen LogP contribution in [0.1, 0.15) is 37.8 Å². The second-order valence-corrected chi connectivity index (χ2v) is 6.20. The summed E-state index contributed by atoms with van der Waals surface area (Å²) in [6.45, 7) is 1.83. The van der Waals surface area contributed by atoms with Gasteiger partial charge in [-0.25, -0.2) is 0 Å². The number of rotatable bonds is 4. The van der Waals surface area contributed by atoms with Crippen LogP contribution in [0.3, 0.4) is 0 Å². The first-order chi connectivity index (χ1) is 9.90. The molecule has 6 heteroatoms. The van der Waals surface area contributed by atoms with Gasteiger partial charge in [0.1, 0.15) is 0 Å². The highest BCUT2D eigenvalue weighted by Gasteiger charge is 2.34. The third-order valence-electron chi connectivity index (χ3n) is 3.96. The van der Waals surface area contributed by atoms with Gasteiger partial charge in [0.25, 0.3) is 0 Å². The number of benzene rings is 1. The second kappa shape index (κ2) is 6.67. The fourth-order valence-electron chi connectivity index (χ4n) is 2.71. The molecule has 0 aliphatic heterocycles. The summed E-state index contributed by atoms with van der Waals surface area (Å²) in [6, 6.07) is 5.01. The molecule has 21 heavy (non-hydrogen) atoms. The third kappa shape index (κ3) is 3.69. The van der Waals surface area contributed by atoms with E-state index in [0.717, 1.165) is 5.56 Å². The average Bonchev–Trinajstić information content (AvgIpc) is 2.91. The average molecular weight is 330 g/mol. The van der Waals surface area contributed by atoms with E-state index >= 15 is 0 Å².